The fourth-order valence-corrected chi connectivity index (χ4v) is 13.8. The summed E-state index contributed by atoms with van der Waals surface area (Å²) < 4.78 is 4.43. The number of fused-ring (bicyclic) bond motifs is 12. The highest BCUT2D eigenvalue weighted by atomic mass is 16.2. The Morgan fingerprint density at radius 3 is 1.19 bits per heavy atom. The van der Waals surface area contributed by atoms with Gasteiger partial charge in [0.25, 0.3) is 23.6 Å². The Hall–Kier alpha value is -12.0. The molecule has 10 aromatic carbocycles. The maximum atomic E-state index is 16.5. The second-order valence-electron chi connectivity index (χ2n) is 21.9. The van der Waals surface area contributed by atoms with Crippen LogP contribution in [0, 0.1) is 0 Å². The van der Waals surface area contributed by atoms with E-state index < -0.39 is 23.6 Å². The van der Waals surface area contributed by atoms with Gasteiger partial charge >= 0.3 is 0 Å². The van der Waals surface area contributed by atoms with Gasteiger partial charge in [-0.3, -0.25) is 39.1 Å². The number of imide groups is 2. The molecule has 0 unspecified atom stereocenters. The van der Waals surface area contributed by atoms with Gasteiger partial charge in [0.2, 0.25) is 0 Å². The summed E-state index contributed by atoms with van der Waals surface area (Å²) in [5.74, 6) is -2.51. The number of carbonyl (C=O) groups excluding carboxylic acids is 4. The normalized spacial score (nSPS) is 13.4. The lowest BCUT2D eigenvalue weighted by molar-refractivity contribution is 0.0874. The van der Waals surface area contributed by atoms with Crippen LogP contribution in [0.3, 0.4) is 0 Å². The van der Waals surface area contributed by atoms with E-state index in [0.29, 0.717) is 77.2 Å². The van der Waals surface area contributed by atoms with Gasteiger partial charge in [-0.1, -0.05) is 103 Å². The van der Waals surface area contributed by atoms with Gasteiger partial charge in [-0.2, -0.15) is 0 Å². The van der Waals surface area contributed by atoms with Gasteiger partial charge in [-0.25, -0.2) is 9.80 Å². The molecule has 2 aliphatic heterocycles. The van der Waals surface area contributed by atoms with Crippen LogP contribution in [-0.2, 0) is 0 Å². The number of pyridine rings is 4. The minimum Gasteiger partial charge on any atom is -0.309 e. The highest BCUT2D eigenvalue weighted by molar-refractivity contribution is 6.46. The Bertz CT molecular complexity index is 5720. The monoisotopic (exact) mass is 1100 g/mol. The minimum atomic E-state index is -0.628. The van der Waals surface area contributed by atoms with Crippen LogP contribution in [0.1, 0.15) is 41.4 Å². The van der Waals surface area contributed by atoms with Gasteiger partial charge in [0.15, 0.2) is 0 Å². The Morgan fingerprint density at radius 1 is 0.279 bits per heavy atom. The number of nitrogens with zero attached hydrogens (tertiary/aromatic N) is 8. The first-order valence-corrected chi connectivity index (χ1v) is 28.3. The van der Waals surface area contributed by atoms with Gasteiger partial charge in [0.1, 0.15) is 0 Å². The van der Waals surface area contributed by atoms with Gasteiger partial charge in [-0.15, -0.1) is 0 Å². The van der Waals surface area contributed by atoms with Crippen LogP contribution in [0.25, 0.3) is 132 Å². The number of para-hydroxylation sites is 4. The number of rotatable bonds is 6. The average molecular weight is 1110 g/mol. The molecule has 0 spiro atoms. The molecule has 0 bridgehead atoms. The van der Waals surface area contributed by atoms with E-state index in [1.165, 1.54) is 9.80 Å². The van der Waals surface area contributed by atoms with E-state index in [-0.39, 0.29) is 33.0 Å². The van der Waals surface area contributed by atoms with Crippen molar-refractivity contribution in [1.82, 2.24) is 29.1 Å². The number of aromatic nitrogens is 6. The first-order chi connectivity index (χ1) is 42.4. The molecule has 4 amide bonds. The molecule has 0 aliphatic carbocycles. The van der Waals surface area contributed by atoms with Crippen molar-refractivity contribution in [3.63, 3.8) is 0 Å². The van der Waals surface area contributed by atoms with Crippen LogP contribution in [0.5, 0.6) is 0 Å². The van der Waals surface area contributed by atoms with Crippen molar-refractivity contribution < 1.29 is 19.2 Å². The number of hydrogen-bond acceptors (Lipinski definition) is 8. The zero-order valence-corrected chi connectivity index (χ0v) is 45.3. The molecule has 12 heteroatoms. The lowest BCUT2D eigenvalue weighted by Crippen LogP contribution is -2.44. The van der Waals surface area contributed by atoms with Gasteiger partial charge < -0.3 is 9.13 Å². The zero-order valence-electron chi connectivity index (χ0n) is 45.3. The Morgan fingerprint density at radius 2 is 0.674 bits per heavy atom. The summed E-state index contributed by atoms with van der Waals surface area (Å²) in [6, 6.07) is 70.8. The third-order valence-electron chi connectivity index (χ3n) is 17.5. The Balaban J connectivity index is 0.947. The Kier molecular flexibility index (Phi) is 9.82. The van der Waals surface area contributed by atoms with E-state index >= 15 is 19.2 Å². The van der Waals surface area contributed by atoms with Crippen molar-refractivity contribution >= 4 is 133 Å². The zero-order chi connectivity index (χ0) is 57.1. The summed E-state index contributed by atoms with van der Waals surface area (Å²) in [5.41, 5.74) is 11.4. The second-order valence-corrected chi connectivity index (χ2v) is 21.9. The molecular formula is C74H40N8O4. The topological polar surface area (TPSA) is 136 Å². The van der Waals surface area contributed by atoms with E-state index in [4.69, 9.17) is 19.9 Å². The SMILES string of the molecule is O=C1c2cc(-c3ccc4c(c3)c3ccccc3n4-c3ccccc3)c3c4c(cc(-c5ccc(-n6c7ccccc7c7ccccc76)cc5)c(c24)C(=O)N1c1cc2cccnc2c2ncccc12)C(=O)N(c1cc2cccnc2c2ncccc12)C3=O. The van der Waals surface area contributed by atoms with Crippen molar-refractivity contribution in [3.05, 3.63) is 265 Å². The summed E-state index contributed by atoms with van der Waals surface area (Å²) in [7, 11) is 0. The number of hydrogen-bond donors (Lipinski definition) is 0. The fraction of sp³-hybridized carbons (Fsp3) is 0. The van der Waals surface area contributed by atoms with Crippen LogP contribution >= 0.6 is 0 Å². The molecule has 0 saturated carbocycles. The number of amides is 4. The molecule has 0 saturated heterocycles. The van der Waals surface area contributed by atoms with Crippen molar-refractivity contribution in [1.29, 1.82) is 0 Å². The first-order valence-electron chi connectivity index (χ1n) is 28.3. The van der Waals surface area contributed by atoms with Crippen LogP contribution in [0.2, 0.25) is 0 Å². The largest absolute Gasteiger partial charge is 0.309 e. The van der Waals surface area contributed by atoms with E-state index in [1.807, 2.05) is 140 Å². The molecule has 86 heavy (non-hydrogen) atoms. The molecule has 8 heterocycles. The maximum absolute atomic E-state index is 16.5. The molecule has 12 nitrogen and oxygen atoms in total. The minimum absolute atomic E-state index is 0.147. The fourth-order valence-electron chi connectivity index (χ4n) is 13.8. The van der Waals surface area contributed by atoms with Gasteiger partial charge in [0.05, 0.1) is 66.6 Å². The number of carbonyl (C=O) groups is 4. The maximum Gasteiger partial charge on any atom is 0.266 e. The van der Waals surface area contributed by atoms with Gasteiger partial charge in [0, 0.05) is 101 Å². The van der Waals surface area contributed by atoms with Crippen molar-refractivity contribution in [2.24, 2.45) is 0 Å². The van der Waals surface area contributed by atoms with E-state index in [1.54, 1.807) is 49.1 Å². The van der Waals surface area contributed by atoms with Crippen molar-refractivity contribution in [2.45, 2.75) is 0 Å². The van der Waals surface area contributed by atoms with Crippen LogP contribution in [0.15, 0.2) is 243 Å². The predicted octanol–water partition coefficient (Wildman–Crippen LogP) is 16.2. The van der Waals surface area contributed by atoms with Crippen LogP contribution in [-0.4, -0.2) is 52.7 Å². The first kappa shape index (κ1) is 47.6. The average Bonchev–Trinajstić information content (AvgIpc) is 0.903. The summed E-state index contributed by atoms with van der Waals surface area (Å²) >= 11 is 0. The van der Waals surface area contributed by atoms with E-state index in [2.05, 4.69) is 63.7 Å². The molecule has 18 rings (SSSR count). The number of anilines is 2. The second kappa shape index (κ2) is 17.7. The molecule has 16 aromatic rings. The summed E-state index contributed by atoms with van der Waals surface area (Å²) in [4.78, 5) is 86.8. The number of benzene rings is 10. The lowest BCUT2D eigenvalue weighted by Gasteiger charge is -2.35. The molecular weight excluding hydrogens is 1060 g/mol. The standard InChI is InChI=1S/C74H40N8O4/c83-71-55-39-52(41-26-29-46(30-27-41)80-57-23-7-4-18-47(57)48-19-5-8-24-58(48)80)65-63-56(72(84)81(73(65)85)61-37-43-14-10-32-75-67(43)69-50(61)21-12-34-77-69)40-53(42-28-31-60-54(36-42)49-20-6-9-25-59(49)79(60)45-16-2-1-3-17-45)66(64(55)63)74(86)82(71)62-38-44-15-11-33-76-68(44)70-51(62)22-13-35-78-70/h1-40H. The lowest BCUT2D eigenvalue weighted by atomic mass is 9.78. The predicted molar refractivity (Wildman–Crippen MR) is 340 cm³/mol. The summed E-state index contributed by atoms with van der Waals surface area (Å²) in [6.07, 6.45) is 6.73. The van der Waals surface area contributed by atoms with Crippen molar-refractivity contribution in [2.75, 3.05) is 9.80 Å². The molecule has 2 aliphatic rings. The van der Waals surface area contributed by atoms with E-state index in [9.17, 15) is 0 Å². The smallest absolute Gasteiger partial charge is 0.266 e. The third-order valence-corrected chi connectivity index (χ3v) is 17.5. The van der Waals surface area contributed by atoms with E-state index in [0.717, 1.165) is 55.0 Å². The van der Waals surface area contributed by atoms with Crippen LogP contribution < -0.4 is 9.80 Å². The molecule has 0 atom stereocenters. The van der Waals surface area contributed by atoms with Crippen molar-refractivity contribution in [3.8, 4) is 33.6 Å². The highest BCUT2D eigenvalue weighted by Gasteiger charge is 2.45. The molecule has 0 fully saturated rings. The quantitative estimate of drug-likeness (QED) is 0.119. The molecule has 0 N–H and O–H groups in total. The summed E-state index contributed by atoms with van der Waals surface area (Å²) in [5, 5.41) is 6.99. The summed E-state index contributed by atoms with van der Waals surface area (Å²) in [6.45, 7) is 0. The third kappa shape index (κ3) is 6.51. The molecule has 6 aromatic heterocycles. The molecule has 0 radical (unpaired) electrons. The van der Waals surface area contributed by atoms with Crippen LogP contribution in [0.4, 0.5) is 11.4 Å². The molecule has 400 valence electrons. The highest BCUT2D eigenvalue weighted by Crippen LogP contribution is 2.50. The Labute approximate surface area is 487 Å². The van der Waals surface area contributed by atoms with Gasteiger partial charge in [-0.05, 0) is 138 Å².